The first-order chi connectivity index (χ1) is 10.8. The Morgan fingerprint density at radius 1 is 1.23 bits per heavy atom. The zero-order valence-corrected chi connectivity index (χ0v) is 13.4. The van der Waals surface area contributed by atoms with Crippen molar-refractivity contribution in [2.75, 3.05) is 39.9 Å². The third-order valence-electron chi connectivity index (χ3n) is 3.92. The molecule has 1 aromatic rings. The fourth-order valence-corrected chi connectivity index (χ4v) is 2.59. The fourth-order valence-electron chi connectivity index (χ4n) is 2.59. The molecule has 0 aliphatic carbocycles. The molecule has 1 aliphatic rings. The summed E-state index contributed by atoms with van der Waals surface area (Å²) in [5.74, 6) is 0.122. The van der Waals surface area contributed by atoms with Gasteiger partial charge in [-0.25, -0.2) is 0 Å². The SMILES string of the molecule is CNCCCC(=O)NCc1ccccc1CN1CCOCC1. The maximum absolute atomic E-state index is 11.8. The lowest BCUT2D eigenvalue weighted by Crippen LogP contribution is -2.36. The van der Waals surface area contributed by atoms with Crippen molar-refractivity contribution in [3.05, 3.63) is 35.4 Å². The summed E-state index contributed by atoms with van der Waals surface area (Å²) in [7, 11) is 1.90. The van der Waals surface area contributed by atoms with Crippen LogP contribution >= 0.6 is 0 Å². The number of rotatable bonds is 8. The molecule has 5 nitrogen and oxygen atoms in total. The molecule has 1 fully saturated rings. The van der Waals surface area contributed by atoms with E-state index in [4.69, 9.17) is 4.74 Å². The van der Waals surface area contributed by atoms with E-state index in [1.165, 1.54) is 11.1 Å². The summed E-state index contributed by atoms with van der Waals surface area (Å²) in [4.78, 5) is 14.2. The Morgan fingerprint density at radius 2 is 1.95 bits per heavy atom. The highest BCUT2D eigenvalue weighted by Gasteiger charge is 2.12. The van der Waals surface area contributed by atoms with Crippen LogP contribution in [-0.2, 0) is 22.6 Å². The number of carbonyl (C=O) groups is 1. The quantitative estimate of drug-likeness (QED) is 0.707. The van der Waals surface area contributed by atoms with Gasteiger partial charge in [-0.3, -0.25) is 9.69 Å². The average Bonchev–Trinajstić information content (AvgIpc) is 2.55. The van der Waals surface area contributed by atoms with E-state index in [1.54, 1.807) is 0 Å². The van der Waals surface area contributed by atoms with Gasteiger partial charge in [0.2, 0.25) is 5.91 Å². The first kappa shape index (κ1) is 16.9. The van der Waals surface area contributed by atoms with Gasteiger partial charge >= 0.3 is 0 Å². The Bertz CT molecular complexity index is 459. The molecule has 122 valence electrons. The Labute approximate surface area is 133 Å². The molecule has 0 saturated carbocycles. The van der Waals surface area contributed by atoms with E-state index in [2.05, 4.69) is 33.7 Å². The summed E-state index contributed by atoms with van der Waals surface area (Å²) in [5.41, 5.74) is 2.50. The highest BCUT2D eigenvalue weighted by Crippen LogP contribution is 2.13. The number of benzene rings is 1. The summed E-state index contributed by atoms with van der Waals surface area (Å²) >= 11 is 0. The zero-order valence-electron chi connectivity index (χ0n) is 13.4. The summed E-state index contributed by atoms with van der Waals surface area (Å²) in [6.07, 6.45) is 1.45. The van der Waals surface area contributed by atoms with Crippen molar-refractivity contribution >= 4 is 5.91 Å². The van der Waals surface area contributed by atoms with Gasteiger partial charge in [0.1, 0.15) is 0 Å². The molecular weight excluding hydrogens is 278 g/mol. The van der Waals surface area contributed by atoms with Crippen molar-refractivity contribution in [3.8, 4) is 0 Å². The maximum atomic E-state index is 11.8. The van der Waals surface area contributed by atoms with Crippen LogP contribution in [0, 0.1) is 0 Å². The van der Waals surface area contributed by atoms with Crippen molar-refractivity contribution in [1.82, 2.24) is 15.5 Å². The van der Waals surface area contributed by atoms with Gasteiger partial charge in [0, 0.05) is 32.6 Å². The Balaban J connectivity index is 1.83. The second-order valence-electron chi connectivity index (χ2n) is 5.64. The molecule has 22 heavy (non-hydrogen) atoms. The number of carbonyl (C=O) groups excluding carboxylic acids is 1. The van der Waals surface area contributed by atoms with Gasteiger partial charge in [-0.15, -0.1) is 0 Å². The third-order valence-corrected chi connectivity index (χ3v) is 3.92. The number of hydrogen-bond acceptors (Lipinski definition) is 4. The second kappa shape index (κ2) is 9.56. The summed E-state index contributed by atoms with van der Waals surface area (Å²) < 4.78 is 5.39. The first-order valence-corrected chi connectivity index (χ1v) is 8.08. The molecule has 0 spiro atoms. The van der Waals surface area contributed by atoms with E-state index in [0.29, 0.717) is 13.0 Å². The smallest absolute Gasteiger partial charge is 0.220 e. The second-order valence-corrected chi connectivity index (χ2v) is 5.64. The molecule has 0 unspecified atom stereocenters. The zero-order chi connectivity index (χ0) is 15.6. The van der Waals surface area contributed by atoms with Crippen LogP contribution in [0.2, 0.25) is 0 Å². The minimum absolute atomic E-state index is 0.122. The van der Waals surface area contributed by atoms with Crippen molar-refractivity contribution in [2.45, 2.75) is 25.9 Å². The monoisotopic (exact) mass is 305 g/mol. The van der Waals surface area contributed by atoms with E-state index in [1.807, 2.05) is 13.1 Å². The third kappa shape index (κ3) is 5.75. The molecule has 0 bridgehead atoms. The van der Waals surface area contributed by atoms with Gasteiger partial charge in [0.15, 0.2) is 0 Å². The number of morpholine rings is 1. The molecule has 1 aromatic carbocycles. The normalized spacial score (nSPS) is 15.7. The maximum Gasteiger partial charge on any atom is 0.220 e. The number of ether oxygens (including phenoxy) is 1. The van der Waals surface area contributed by atoms with Crippen LogP contribution in [-0.4, -0.2) is 50.7 Å². The van der Waals surface area contributed by atoms with Crippen molar-refractivity contribution in [3.63, 3.8) is 0 Å². The molecule has 1 heterocycles. The van der Waals surface area contributed by atoms with Crippen LogP contribution in [0.1, 0.15) is 24.0 Å². The highest BCUT2D eigenvalue weighted by molar-refractivity contribution is 5.75. The largest absolute Gasteiger partial charge is 0.379 e. The molecule has 2 N–H and O–H groups in total. The molecule has 5 heteroatoms. The van der Waals surface area contributed by atoms with Crippen LogP contribution in [0.3, 0.4) is 0 Å². The fraction of sp³-hybridized carbons (Fsp3) is 0.588. The van der Waals surface area contributed by atoms with E-state index in [9.17, 15) is 4.79 Å². The first-order valence-electron chi connectivity index (χ1n) is 8.08. The molecule has 2 rings (SSSR count). The van der Waals surface area contributed by atoms with Gasteiger partial charge in [-0.2, -0.15) is 0 Å². The summed E-state index contributed by atoms with van der Waals surface area (Å²) in [5, 5.41) is 6.08. The van der Waals surface area contributed by atoms with Crippen molar-refractivity contribution in [1.29, 1.82) is 0 Å². The lowest BCUT2D eigenvalue weighted by Gasteiger charge is -2.27. The number of nitrogens with one attached hydrogen (secondary N) is 2. The minimum Gasteiger partial charge on any atom is -0.379 e. The van der Waals surface area contributed by atoms with Gasteiger partial charge < -0.3 is 15.4 Å². The van der Waals surface area contributed by atoms with Crippen LogP contribution < -0.4 is 10.6 Å². The summed E-state index contributed by atoms with van der Waals surface area (Å²) in [6.45, 7) is 5.99. The average molecular weight is 305 g/mol. The standard InChI is InChI=1S/C17H27N3O2/c1-18-8-4-7-17(21)19-13-15-5-2-3-6-16(15)14-20-9-11-22-12-10-20/h2-3,5-6,18H,4,7-14H2,1H3,(H,19,21). The Hall–Kier alpha value is -1.43. The predicted molar refractivity (Wildman–Crippen MR) is 87.5 cm³/mol. The van der Waals surface area contributed by atoms with E-state index < -0.39 is 0 Å². The van der Waals surface area contributed by atoms with E-state index >= 15 is 0 Å². The Morgan fingerprint density at radius 3 is 2.68 bits per heavy atom. The lowest BCUT2D eigenvalue weighted by molar-refractivity contribution is -0.121. The van der Waals surface area contributed by atoms with Crippen LogP contribution in [0.5, 0.6) is 0 Å². The molecule has 1 aliphatic heterocycles. The minimum atomic E-state index is 0.122. The number of amides is 1. The molecule has 0 aromatic heterocycles. The van der Waals surface area contributed by atoms with Crippen molar-refractivity contribution in [2.24, 2.45) is 0 Å². The van der Waals surface area contributed by atoms with Crippen molar-refractivity contribution < 1.29 is 9.53 Å². The highest BCUT2D eigenvalue weighted by atomic mass is 16.5. The van der Waals surface area contributed by atoms with Gasteiger partial charge in [0.25, 0.3) is 0 Å². The molecule has 0 radical (unpaired) electrons. The summed E-state index contributed by atoms with van der Waals surface area (Å²) in [6, 6.07) is 8.35. The molecule has 1 saturated heterocycles. The molecular formula is C17H27N3O2. The molecule has 0 atom stereocenters. The predicted octanol–water partition coefficient (Wildman–Crippen LogP) is 1.13. The van der Waals surface area contributed by atoms with E-state index in [0.717, 1.165) is 45.8 Å². The van der Waals surface area contributed by atoms with Gasteiger partial charge in [0.05, 0.1) is 13.2 Å². The van der Waals surface area contributed by atoms with Gasteiger partial charge in [-0.05, 0) is 31.1 Å². The van der Waals surface area contributed by atoms with Gasteiger partial charge in [-0.1, -0.05) is 24.3 Å². The lowest BCUT2D eigenvalue weighted by atomic mass is 10.1. The van der Waals surface area contributed by atoms with E-state index in [-0.39, 0.29) is 5.91 Å². The molecule has 1 amide bonds. The van der Waals surface area contributed by atoms with Crippen LogP contribution in [0.4, 0.5) is 0 Å². The Kier molecular flexibility index (Phi) is 7.36. The van der Waals surface area contributed by atoms with Crippen LogP contribution in [0.25, 0.3) is 0 Å². The number of nitrogens with zero attached hydrogens (tertiary/aromatic N) is 1. The number of hydrogen-bond donors (Lipinski definition) is 2. The van der Waals surface area contributed by atoms with Crippen LogP contribution in [0.15, 0.2) is 24.3 Å². The topological polar surface area (TPSA) is 53.6 Å².